The van der Waals surface area contributed by atoms with Gasteiger partial charge in [-0.1, -0.05) is 12.8 Å². The van der Waals surface area contributed by atoms with Crippen molar-refractivity contribution < 1.29 is 24.9 Å². The van der Waals surface area contributed by atoms with E-state index in [4.69, 9.17) is 4.74 Å². The Morgan fingerprint density at radius 1 is 1.30 bits per heavy atom. The van der Waals surface area contributed by atoms with E-state index in [0.29, 0.717) is 23.0 Å². The summed E-state index contributed by atoms with van der Waals surface area (Å²) in [5.41, 5.74) is 0.956. The first kappa shape index (κ1) is 17.8. The van der Waals surface area contributed by atoms with Gasteiger partial charge in [-0.3, -0.25) is 4.57 Å². The van der Waals surface area contributed by atoms with Crippen molar-refractivity contribution in [2.75, 3.05) is 11.9 Å². The highest BCUT2D eigenvalue weighted by Gasteiger charge is 2.44. The van der Waals surface area contributed by atoms with Gasteiger partial charge in [0.25, 0.3) is 5.09 Å². The number of rotatable bonds is 6. The first-order valence-electron chi connectivity index (χ1n) is 8.77. The van der Waals surface area contributed by atoms with E-state index in [1.54, 1.807) is 0 Å². The number of nitrogens with one attached hydrogen (secondary N) is 1. The molecule has 1 aliphatic carbocycles. The molecule has 2 aromatic heterocycles. The fourth-order valence-corrected chi connectivity index (χ4v) is 3.64. The molecular weight excluding hydrogens is 360 g/mol. The summed E-state index contributed by atoms with van der Waals surface area (Å²) >= 11 is 0. The van der Waals surface area contributed by atoms with Crippen LogP contribution in [0.2, 0.25) is 0 Å². The number of nitrogens with zero attached hydrogens (tertiary/aromatic N) is 5. The van der Waals surface area contributed by atoms with E-state index in [-0.39, 0.29) is 0 Å². The maximum Gasteiger partial charge on any atom is 0.294 e. The molecule has 1 aliphatic heterocycles. The molecule has 4 rings (SSSR count). The molecule has 2 aromatic rings. The van der Waals surface area contributed by atoms with E-state index >= 15 is 0 Å². The average Bonchev–Trinajstić information content (AvgIpc) is 3.36. The minimum Gasteiger partial charge on any atom is -0.387 e. The van der Waals surface area contributed by atoms with Crippen molar-refractivity contribution in [1.29, 1.82) is 0 Å². The molecule has 12 heteroatoms. The monoisotopic (exact) mass is 380 g/mol. The molecule has 0 amide bonds. The number of fused-ring (bicyclic) bond motifs is 1. The molecule has 1 saturated carbocycles. The van der Waals surface area contributed by atoms with Crippen LogP contribution < -0.4 is 5.32 Å². The fraction of sp³-hybridized carbons (Fsp3) is 0.667. The van der Waals surface area contributed by atoms with Gasteiger partial charge in [0.1, 0.15) is 31.2 Å². The van der Waals surface area contributed by atoms with Gasteiger partial charge in [-0.15, -0.1) is 10.1 Å². The SMILES string of the molecule is O=[N+]([O-])OC[C@H]1O[C@@H](n2cnc3c(NC4CCCC4)ncnc32)[C@H](O)[C@@H]1O. The quantitative estimate of drug-likeness (QED) is 0.460. The minimum absolute atomic E-state index is 0.340. The topological polar surface area (TPSA) is 158 Å². The first-order chi connectivity index (χ1) is 13.0. The van der Waals surface area contributed by atoms with Gasteiger partial charge < -0.3 is 25.1 Å². The predicted octanol–water partition coefficient (Wildman–Crippen LogP) is 0.00830. The lowest BCUT2D eigenvalue weighted by molar-refractivity contribution is -0.759. The van der Waals surface area contributed by atoms with Crippen molar-refractivity contribution in [3.05, 3.63) is 22.8 Å². The second-order valence-electron chi connectivity index (χ2n) is 6.74. The van der Waals surface area contributed by atoms with Gasteiger partial charge in [0, 0.05) is 6.04 Å². The normalized spacial score (nSPS) is 28.7. The Labute approximate surface area is 153 Å². The Morgan fingerprint density at radius 3 is 2.81 bits per heavy atom. The first-order valence-corrected chi connectivity index (χ1v) is 8.77. The molecule has 0 bridgehead atoms. The van der Waals surface area contributed by atoms with Gasteiger partial charge in [-0.05, 0) is 12.8 Å². The van der Waals surface area contributed by atoms with Crippen molar-refractivity contribution in [2.45, 2.75) is 56.3 Å². The largest absolute Gasteiger partial charge is 0.387 e. The zero-order chi connectivity index (χ0) is 19.0. The number of aliphatic hydroxyl groups is 2. The molecule has 27 heavy (non-hydrogen) atoms. The van der Waals surface area contributed by atoms with E-state index in [2.05, 4.69) is 25.1 Å². The molecule has 3 heterocycles. The molecule has 146 valence electrons. The summed E-state index contributed by atoms with van der Waals surface area (Å²) in [4.78, 5) is 27.4. The predicted molar refractivity (Wildman–Crippen MR) is 90.1 cm³/mol. The number of ether oxygens (including phenoxy) is 1. The zero-order valence-electron chi connectivity index (χ0n) is 14.3. The van der Waals surface area contributed by atoms with Crippen LogP contribution in [0.4, 0.5) is 5.82 Å². The van der Waals surface area contributed by atoms with Gasteiger partial charge >= 0.3 is 0 Å². The molecule has 0 unspecified atom stereocenters. The molecule has 3 N–H and O–H groups in total. The minimum atomic E-state index is -1.34. The van der Waals surface area contributed by atoms with Crippen LogP contribution in [0.5, 0.6) is 0 Å². The molecule has 12 nitrogen and oxygen atoms in total. The Kier molecular flexibility index (Phi) is 4.76. The smallest absolute Gasteiger partial charge is 0.294 e. The van der Waals surface area contributed by atoms with E-state index in [0.717, 1.165) is 12.8 Å². The third-order valence-corrected chi connectivity index (χ3v) is 5.01. The molecule has 0 aromatic carbocycles. The summed E-state index contributed by atoms with van der Waals surface area (Å²) in [5, 5.41) is 33.2. The standard InChI is InChI=1S/C15H20N6O6/c22-11-9(5-26-21(24)25)27-15(12(11)23)20-7-18-10-13(16-6-17-14(10)20)19-8-3-1-2-4-8/h6-9,11-12,15,22-23H,1-5H2,(H,16,17,19)/t9-,11-,12-,15-/m1/s1. The highest BCUT2D eigenvalue weighted by Crippen LogP contribution is 2.33. The average molecular weight is 380 g/mol. The molecule has 1 saturated heterocycles. The third-order valence-electron chi connectivity index (χ3n) is 5.01. The number of hydrogen-bond acceptors (Lipinski definition) is 10. The van der Waals surface area contributed by atoms with E-state index in [1.807, 2.05) is 0 Å². The summed E-state index contributed by atoms with van der Waals surface area (Å²) in [6.07, 6.45) is 2.61. The number of aromatic nitrogens is 4. The third kappa shape index (κ3) is 3.38. The second kappa shape index (κ2) is 7.21. The molecular formula is C15H20N6O6. The Bertz CT molecular complexity index is 824. The highest BCUT2D eigenvalue weighted by atomic mass is 17.0. The van der Waals surface area contributed by atoms with Crippen LogP contribution in [0.25, 0.3) is 11.2 Å². The fourth-order valence-electron chi connectivity index (χ4n) is 3.64. The van der Waals surface area contributed by atoms with Crippen LogP contribution in [0, 0.1) is 10.1 Å². The van der Waals surface area contributed by atoms with Gasteiger partial charge in [-0.2, -0.15) is 0 Å². The number of hydrogen-bond donors (Lipinski definition) is 3. The van der Waals surface area contributed by atoms with Crippen molar-refractivity contribution >= 4 is 17.0 Å². The maximum atomic E-state index is 10.4. The van der Waals surface area contributed by atoms with Crippen molar-refractivity contribution in [1.82, 2.24) is 19.5 Å². The van der Waals surface area contributed by atoms with E-state index < -0.39 is 36.2 Å². The van der Waals surface area contributed by atoms with E-state index in [1.165, 1.54) is 30.1 Å². The van der Waals surface area contributed by atoms with Crippen LogP contribution >= 0.6 is 0 Å². The molecule has 2 fully saturated rings. The number of aliphatic hydroxyl groups excluding tert-OH is 2. The molecule has 2 aliphatic rings. The van der Waals surface area contributed by atoms with Crippen molar-refractivity contribution in [3.8, 4) is 0 Å². The number of imidazole rings is 1. The van der Waals surface area contributed by atoms with Crippen molar-refractivity contribution in [3.63, 3.8) is 0 Å². The highest BCUT2D eigenvalue weighted by molar-refractivity contribution is 5.82. The second-order valence-corrected chi connectivity index (χ2v) is 6.74. The van der Waals surface area contributed by atoms with Gasteiger partial charge in [0.2, 0.25) is 0 Å². The summed E-state index contributed by atoms with van der Waals surface area (Å²) < 4.78 is 7.06. The summed E-state index contributed by atoms with van der Waals surface area (Å²) in [6, 6.07) is 0.340. The van der Waals surface area contributed by atoms with Gasteiger partial charge in [0.15, 0.2) is 23.2 Å². The molecule has 0 spiro atoms. The lowest BCUT2D eigenvalue weighted by Crippen LogP contribution is -2.34. The Hall–Kier alpha value is -2.57. The van der Waals surface area contributed by atoms with Crippen LogP contribution in [-0.2, 0) is 9.57 Å². The van der Waals surface area contributed by atoms with Crippen LogP contribution in [0.1, 0.15) is 31.9 Å². The van der Waals surface area contributed by atoms with E-state index in [9.17, 15) is 20.3 Å². The molecule has 4 atom stereocenters. The van der Waals surface area contributed by atoms with Gasteiger partial charge in [-0.25, -0.2) is 15.0 Å². The zero-order valence-corrected chi connectivity index (χ0v) is 14.3. The lowest BCUT2D eigenvalue weighted by Gasteiger charge is -2.17. The summed E-state index contributed by atoms with van der Waals surface area (Å²) in [5.74, 6) is 0.604. The van der Waals surface area contributed by atoms with Crippen LogP contribution in [-0.4, -0.2) is 65.8 Å². The summed E-state index contributed by atoms with van der Waals surface area (Å²) in [7, 11) is 0. The molecule has 0 radical (unpaired) electrons. The van der Waals surface area contributed by atoms with Gasteiger partial charge in [0.05, 0.1) is 6.33 Å². The number of anilines is 1. The summed E-state index contributed by atoms with van der Waals surface area (Å²) in [6.45, 7) is -0.488. The Balaban J connectivity index is 1.57. The lowest BCUT2D eigenvalue weighted by atomic mass is 10.1. The van der Waals surface area contributed by atoms with Crippen LogP contribution in [0.15, 0.2) is 12.7 Å². The Morgan fingerprint density at radius 2 is 2.07 bits per heavy atom. The van der Waals surface area contributed by atoms with Crippen molar-refractivity contribution in [2.24, 2.45) is 0 Å². The van der Waals surface area contributed by atoms with Crippen LogP contribution in [0.3, 0.4) is 0 Å². The maximum absolute atomic E-state index is 10.4.